The Hall–Kier alpha value is -0.540. The Morgan fingerprint density at radius 2 is 2.05 bits per heavy atom. The summed E-state index contributed by atoms with van der Waals surface area (Å²) in [6.45, 7) is 7.08. The second-order valence-electron chi connectivity index (χ2n) is 6.42. The van der Waals surface area contributed by atoms with Crippen LogP contribution in [-0.2, 0) is 9.47 Å². The van der Waals surface area contributed by atoms with E-state index in [1.54, 1.807) is 0 Å². The van der Waals surface area contributed by atoms with E-state index in [1.807, 2.05) is 6.26 Å². The zero-order valence-corrected chi connectivity index (χ0v) is 13.9. The van der Waals surface area contributed by atoms with E-state index in [1.165, 1.54) is 37.7 Å². The smallest absolute Gasteiger partial charge is 0.0876 e. The minimum atomic E-state index is 0.315. The maximum Gasteiger partial charge on any atom is 0.0876 e. The molecule has 122 valence electrons. The second-order valence-corrected chi connectivity index (χ2v) is 6.42. The molecular weight excluding hydrogens is 262 g/mol. The molecule has 0 saturated heterocycles. The third-order valence-corrected chi connectivity index (χ3v) is 4.78. The molecule has 1 aliphatic carbocycles. The highest BCUT2D eigenvalue weighted by Gasteiger charge is 2.33. The third kappa shape index (κ3) is 5.00. The van der Waals surface area contributed by atoms with Crippen LogP contribution in [0.3, 0.4) is 0 Å². The van der Waals surface area contributed by atoms with Crippen LogP contribution in [-0.4, -0.2) is 31.9 Å². The predicted octanol–water partition coefficient (Wildman–Crippen LogP) is 4.03. The summed E-state index contributed by atoms with van der Waals surface area (Å²) in [7, 11) is 0. The summed E-state index contributed by atoms with van der Waals surface area (Å²) < 4.78 is 11.8. The van der Waals surface area contributed by atoms with Crippen LogP contribution in [0.4, 0.5) is 0 Å². The maximum absolute atomic E-state index is 6.23. The van der Waals surface area contributed by atoms with Gasteiger partial charge in [-0.1, -0.05) is 26.2 Å². The highest BCUT2D eigenvalue weighted by Crippen LogP contribution is 2.32. The van der Waals surface area contributed by atoms with Crippen LogP contribution in [0.15, 0.2) is 11.8 Å². The van der Waals surface area contributed by atoms with E-state index in [9.17, 15) is 0 Å². The third-order valence-electron chi connectivity index (χ3n) is 4.78. The van der Waals surface area contributed by atoms with Crippen LogP contribution < -0.4 is 5.32 Å². The van der Waals surface area contributed by atoms with E-state index in [-0.39, 0.29) is 0 Å². The molecular formula is C18H33NO2. The van der Waals surface area contributed by atoms with Gasteiger partial charge in [-0.05, 0) is 57.1 Å². The molecule has 0 bridgehead atoms. The number of rotatable bonds is 8. The number of hydrogen-bond acceptors (Lipinski definition) is 3. The molecule has 21 heavy (non-hydrogen) atoms. The van der Waals surface area contributed by atoms with Crippen molar-refractivity contribution in [3.8, 4) is 0 Å². The average Bonchev–Trinajstić information content (AvgIpc) is 2.56. The topological polar surface area (TPSA) is 30.5 Å². The zero-order valence-electron chi connectivity index (χ0n) is 13.9. The summed E-state index contributed by atoms with van der Waals surface area (Å²) in [4.78, 5) is 0. The van der Waals surface area contributed by atoms with E-state index in [2.05, 4.69) is 19.2 Å². The van der Waals surface area contributed by atoms with Gasteiger partial charge in [0.1, 0.15) is 0 Å². The Kier molecular flexibility index (Phi) is 7.59. The van der Waals surface area contributed by atoms with Crippen molar-refractivity contribution in [2.45, 2.75) is 77.4 Å². The molecule has 2 rings (SSSR count). The van der Waals surface area contributed by atoms with Gasteiger partial charge >= 0.3 is 0 Å². The quantitative estimate of drug-likeness (QED) is 0.733. The van der Waals surface area contributed by atoms with Crippen molar-refractivity contribution < 1.29 is 9.47 Å². The molecule has 3 nitrogen and oxygen atoms in total. The lowest BCUT2D eigenvalue weighted by Crippen LogP contribution is -2.48. The van der Waals surface area contributed by atoms with Crippen LogP contribution >= 0.6 is 0 Å². The van der Waals surface area contributed by atoms with Gasteiger partial charge in [-0.15, -0.1) is 0 Å². The van der Waals surface area contributed by atoms with Gasteiger partial charge in [-0.25, -0.2) is 0 Å². The molecule has 0 aromatic heterocycles. The van der Waals surface area contributed by atoms with Gasteiger partial charge < -0.3 is 14.8 Å². The zero-order chi connectivity index (χ0) is 14.9. The van der Waals surface area contributed by atoms with Crippen LogP contribution in [0, 0.1) is 5.92 Å². The first-order chi connectivity index (χ1) is 10.4. The first-order valence-corrected chi connectivity index (χ1v) is 9.02. The van der Waals surface area contributed by atoms with Gasteiger partial charge in [-0.3, -0.25) is 0 Å². The highest BCUT2D eigenvalue weighted by molar-refractivity contribution is 5.14. The minimum Gasteiger partial charge on any atom is -0.501 e. The van der Waals surface area contributed by atoms with E-state index in [0.717, 1.165) is 39.0 Å². The lowest BCUT2D eigenvalue weighted by molar-refractivity contribution is -0.0118. The van der Waals surface area contributed by atoms with Gasteiger partial charge in [0.05, 0.1) is 25.0 Å². The number of ether oxygens (including phenoxy) is 2. The molecule has 0 spiro atoms. The van der Waals surface area contributed by atoms with Crippen molar-refractivity contribution >= 4 is 0 Å². The van der Waals surface area contributed by atoms with E-state index in [0.29, 0.717) is 18.1 Å². The molecule has 0 radical (unpaired) electrons. The van der Waals surface area contributed by atoms with Crippen molar-refractivity contribution in [3.63, 3.8) is 0 Å². The lowest BCUT2D eigenvalue weighted by atomic mass is 9.80. The van der Waals surface area contributed by atoms with E-state index in [4.69, 9.17) is 9.47 Å². The summed E-state index contributed by atoms with van der Waals surface area (Å²) in [6, 6.07) is 0.341. The van der Waals surface area contributed by atoms with Crippen molar-refractivity contribution in [2.75, 3.05) is 19.8 Å². The van der Waals surface area contributed by atoms with Gasteiger partial charge in [0.15, 0.2) is 0 Å². The Labute approximate surface area is 130 Å². The summed E-state index contributed by atoms with van der Waals surface area (Å²) in [6.07, 6.45) is 12.5. The molecule has 0 aromatic rings. The molecule has 1 N–H and O–H groups in total. The molecule has 1 aliphatic heterocycles. The fourth-order valence-corrected chi connectivity index (χ4v) is 3.73. The molecule has 1 saturated carbocycles. The molecule has 1 heterocycles. The minimum absolute atomic E-state index is 0.315. The molecule has 0 aromatic carbocycles. The Bertz CT molecular complexity index is 310. The fraction of sp³-hybridized carbons (Fsp3) is 0.889. The largest absolute Gasteiger partial charge is 0.501 e. The summed E-state index contributed by atoms with van der Waals surface area (Å²) >= 11 is 0. The van der Waals surface area contributed by atoms with Crippen molar-refractivity contribution in [1.82, 2.24) is 5.32 Å². The SMILES string of the molecule is CCCNC(C1=COCCC1)C(OCC)C1CCCCC1. The maximum atomic E-state index is 6.23. The Balaban J connectivity index is 2.10. The normalized spacial score (nSPS) is 23.2. The molecule has 2 unspecified atom stereocenters. The van der Waals surface area contributed by atoms with Gasteiger partial charge in [0, 0.05) is 6.61 Å². The average molecular weight is 295 g/mol. The number of nitrogens with one attached hydrogen (secondary N) is 1. The van der Waals surface area contributed by atoms with E-state index < -0.39 is 0 Å². The molecule has 2 atom stereocenters. The van der Waals surface area contributed by atoms with Gasteiger partial charge in [0.25, 0.3) is 0 Å². The van der Waals surface area contributed by atoms with Crippen LogP contribution in [0.2, 0.25) is 0 Å². The summed E-state index contributed by atoms with van der Waals surface area (Å²) in [5.74, 6) is 0.705. The Morgan fingerprint density at radius 1 is 1.24 bits per heavy atom. The number of hydrogen-bond donors (Lipinski definition) is 1. The van der Waals surface area contributed by atoms with Crippen LogP contribution in [0.1, 0.15) is 65.2 Å². The van der Waals surface area contributed by atoms with Crippen molar-refractivity contribution in [3.05, 3.63) is 11.8 Å². The van der Waals surface area contributed by atoms with Crippen molar-refractivity contribution in [2.24, 2.45) is 5.92 Å². The monoisotopic (exact) mass is 295 g/mol. The first kappa shape index (κ1) is 16.8. The van der Waals surface area contributed by atoms with E-state index >= 15 is 0 Å². The lowest BCUT2D eigenvalue weighted by Gasteiger charge is -2.38. The van der Waals surface area contributed by atoms with Gasteiger partial charge in [-0.2, -0.15) is 0 Å². The van der Waals surface area contributed by atoms with Crippen LogP contribution in [0.25, 0.3) is 0 Å². The summed E-state index contributed by atoms with van der Waals surface area (Å²) in [5.41, 5.74) is 1.42. The molecule has 1 fully saturated rings. The second kappa shape index (κ2) is 9.47. The molecule has 3 heteroatoms. The highest BCUT2D eigenvalue weighted by atomic mass is 16.5. The first-order valence-electron chi connectivity index (χ1n) is 9.02. The predicted molar refractivity (Wildman–Crippen MR) is 87.3 cm³/mol. The standard InChI is InChI=1S/C18H33NO2/c1-3-12-19-17(16-11-8-13-20-14-16)18(21-4-2)15-9-6-5-7-10-15/h14-15,17-19H,3-13H2,1-2H3. The molecule has 2 aliphatic rings. The summed E-state index contributed by atoms with van der Waals surface area (Å²) in [5, 5.41) is 3.75. The molecule has 0 amide bonds. The Morgan fingerprint density at radius 3 is 2.67 bits per heavy atom. The fourth-order valence-electron chi connectivity index (χ4n) is 3.73. The van der Waals surface area contributed by atoms with Gasteiger partial charge in [0.2, 0.25) is 0 Å². The van der Waals surface area contributed by atoms with Crippen LogP contribution in [0.5, 0.6) is 0 Å². The van der Waals surface area contributed by atoms with Crippen molar-refractivity contribution in [1.29, 1.82) is 0 Å².